The quantitative estimate of drug-likeness (QED) is 0.447. The summed E-state index contributed by atoms with van der Waals surface area (Å²) in [6.07, 6.45) is 3.26. The molecule has 24 heavy (non-hydrogen) atoms. The van der Waals surface area contributed by atoms with Crippen LogP contribution in [0.5, 0.6) is 11.5 Å². The molecule has 1 aromatic carbocycles. The van der Waals surface area contributed by atoms with Gasteiger partial charge in [0, 0.05) is 13.2 Å². The van der Waals surface area contributed by atoms with Crippen LogP contribution in [0.3, 0.4) is 0 Å². The van der Waals surface area contributed by atoms with E-state index in [1.807, 2.05) is 0 Å². The van der Waals surface area contributed by atoms with Gasteiger partial charge in [-0.3, -0.25) is 9.59 Å². The van der Waals surface area contributed by atoms with E-state index in [2.05, 4.69) is 15.8 Å². The molecular formula is C16H21N3O5. The van der Waals surface area contributed by atoms with Crippen molar-refractivity contribution in [3.63, 3.8) is 0 Å². The molecule has 0 saturated carbocycles. The van der Waals surface area contributed by atoms with Gasteiger partial charge in [-0.05, 0) is 36.6 Å². The Morgan fingerprint density at radius 1 is 1.29 bits per heavy atom. The Bertz CT molecular complexity index is 612. The average molecular weight is 335 g/mol. The van der Waals surface area contributed by atoms with E-state index in [1.54, 1.807) is 25.3 Å². The largest absolute Gasteiger partial charge is 0.493 e. The van der Waals surface area contributed by atoms with Gasteiger partial charge in [-0.25, -0.2) is 5.43 Å². The summed E-state index contributed by atoms with van der Waals surface area (Å²) >= 11 is 0. The zero-order valence-corrected chi connectivity index (χ0v) is 13.7. The highest BCUT2D eigenvalue weighted by molar-refractivity contribution is 6.35. The lowest BCUT2D eigenvalue weighted by Gasteiger charge is -2.09. The zero-order chi connectivity index (χ0) is 17.4. The number of hydrogen-bond acceptors (Lipinski definition) is 6. The SMILES string of the molecule is COc1ccc(/C=N\NC(=O)C(=O)NC[C@@H]2CCCO2)cc1OC. The van der Waals surface area contributed by atoms with Crippen molar-refractivity contribution in [2.24, 2.45) is 5.10 Å². The van der Waals surface area contributed by atoms with Crippen LogP contribution in [0.15, 0.2) is 23.3 Å². The van der Waals surface area contributed by atoms with E-state index in [4.69, 9.17) is 14.2 Å². The first-order valence-corrected chi connectivity index (χ1v) is 7.59. The summed E-state index contributed by atoms with van der Waals surface area (Å²) in [5, 5.41) is 6.28. The summed E-state index contributed by atoms with van der Waals surface area (Å²) in [4.78, 5) is 23.3. The zero-order valence-electron chi connectivity index (χ0n) is 13.7. The summed E-state index contributed by atoms with van der Waals surface area (Å²) in [6, 6.07) is 5.16. The van der Waals surface area contributed by atoms with Crippen LogP contribution in [0.4, 0.5) is 0 Å². The molecule has 1 fully saturated rings. The topological polar surface area (TPSA) is 98.2 Å². The van der Waals surface area contributed by atoms with Gasteiger partial charge in [0.2, 0.25) is 0 Å². The minimum atomic E-state index is -0.829. The van der Waals surface area contributed by atoms with E-state index in [1.165, 1.54) is 13.3 Å². The first kappa shape index (κ1) is 17.7. The van der Waals surface area contributed by atoms with Crippen LogP contribution < -0.4 is 20.2 Å². The highest BCUT2D eigenvalue weighted by atomic mass is 16.5. The lowest BCUT2D eigenvalue weighted by Crippen LogP contribution is -2.41. The third kappa shape index (κ3) is 4.95. The molecule has 8 heteroatoms. The summed E-state index contributed by atoms with van der Waals surface area (Å²) in [6.45, 7) is 1.02. The van der Waals surface area contributed by atoms with Gasteiger partial charge in [-0.1, -0.05) is 0 Å². The molecule has 1 aliphatic heterocycles. The molecule has 1 aliphatic rings. The molecule has 130 valence electrons. The van der Waals surface area contributed by atoms with Crippen molar-refractivity contribution in [3.05, 3.63) is 23.8 Å². The Morgan fingerprint density at radius 2 is 2.08 bits per heavy atom. The molecule has 0 aliphatic carbocycles. The predicted molar refractivity (Wildman–Crippen MR) is 87.3 cm³/mol. The van der Waals surface area contributed by atoms with Crippen molar-refractivity contribution in [1.82, 2.24) is 10.7 Å². The van der Waals surface area contributed by atoms with Crippen LogP contribution in [0, 0.1) is 0 Å². The van der Waals surface area contributed by atoms with E-state index in [0.717, 1.165) is 12.8 Å². The number of methoxy groups -OCH3 is 2. The van der Waals surface area contributed by atoms with Gasteiger partial charge in [-0.15, -0.1) is 0 Å². The number of nitrogens with one attached hydrogen (secondary N) is 2. The Morgan fingerprint density at radius 3 is 2.75 bits per heavy atom. The molecule has 2 N–H and O–H groups in total. The number of amides is 2. The van der Waals surface area contributed by atoms with Crippen LogP contribution in [-0.4, -0.2) is 51.5 Å². The van der Waals surface area contributed by atoms with E-state index in [0.29, 0.717) is 30.2 Å². The van der Waals surface area contributed by atoms with Crippen molar-refractivity contribution >= 4 is 18.0 Å². The standard InChI is InChI=1S/C16H21N3O5/c1-22-13-6-5-11(8-14(13)23-2)9-18-19-16(21)15(20)17-10-12-4-3-7-24-12/h5-6,8-9,12H,3-4,7,10H2,1-2H3,(H,17,20)(H,19,21)/b18-9-/t12-/m0/s1. The molecule has 1 heterocycles. The highest BCUT2D eigenvalue weighted by Crippen LogP contribution is 2.26. The number of nitrogens with zero attached hydrogens (tertiary/aromatic N) is 1. The molecule has 0 radical (unpaired) electrons. The van der Waals surface area contributed by atoms with Crippen LogP contribution in [-0.2, 0) is 14.3 Å². The summed E-state index contributed by atoms with van der Waals surface area (Å²) in [5.74, 6) is -0.436. The summed E-state index contributed by atoms with van der Waals surface area (Å²) in [7, 11) is 3.07. The molecular weight excluding hydrogens is 314 g/mol. The van der Waals surface area contributed by atoms with Crippen molar-refractivity contribution in [2.45, 2.75) is 18.9 Å². The van der Waals surface area contributed by atoms with Gasteiger partial charge in [0.25, 0.3) is 0 Å². The second-order valence-electron chi connectivity index (χ2n) is 5.16. The van der Waals surface area contributed by atoms with E-state index < -0.39 is 11.8 Å². The van der Waals surface area contributed by atoms with Gasteiger partial charge >= 0.3 is 11.8 Å². The van der Waals surface area contributed by atoms with Crippen molar-refractivity contribution in [2.75, 3.05) is 27.4 Å². The van der Waals surface area contributed by atoms with Gasteiger partial charge < -0.3 is 19.5 Å². The maximum atomic E-state index is 11.6. The van der Waals surface area contributed by atoms with E-state index in [9.17, 15) is 9.59 Å². The lowest BCUT2D eigenvalue weighted by atomic mass is 10.2. The number of hydrogen-bond donors (Lipinski definition) is 2. The van der Waals surface area contributed by atoms with E-state index in [-0.39, 0.29) is 6.10 Å². The Hall–Kier alpha value is -2.61. The normalized spacial score (nSPS) is 16.8. The number of hydrazone groups is 1. The molecule has 2 amide bonds. The second-order valence-corrected chi connectivity index (χ2v) is 5.16. The maximum absolute atomic E-state index is 11.6. The molecule has 0 aromatic heterocycles. The van der Waals surface area contributed by atoms with Gasteiger partial charge in [0.1, 0.15) is 0 Å². The molecule has 1 atom stereocenters. The third-order valence-electron chi connectivity index (χ3n) is 3.51. The third-order valence-corrected chi connectivity index (χ3v) is 3.51. The molecule has 8 nitrogen and oxygen atoms in total. The fraction of sp³-hybridized carbons (Fsp3) is 0.438. The summed E-state index contributed by atoms with van der Waals surface area (Å²) < 4.78 is 15.7. The number of ether oxygens (including phenoxy) is 3. The van der Waals surface area contributed by atoms with Gasteiger partial charge in [0.05, 0.1) is 26.5 Å². The minimum absolute atomic E-state index is 0.0167. The first-order chi connectivity index (χ1) is 11.6. The van der Waals surface area contributed by atoms with Crippen molar-refractivity contribution in [1.29, 1.82) is 0 Å². The fourth-order valence-electron chi connectivity index (χ4n) is 2.24. The molecule has 1 aromatic rings. The highest BCUT2D eigenvalue weighted by Gasteiger charge is 2.18. The number of benzene rings is 1. The summed E-state index contributed by atoms with van der Waals surface area (Å²) in [5.41, 5.74) is 2.87. The van der Waals surface area contributed by atoms with Crippen molar-refractivity contribution < 1.29 is 23.8 Å². The molecule has 2 rings (SSSR count). The monoisotopic (exact) mass is 335 g/mol. The molecule has 0 bridgehead atoms. The van der Waals surface area contributed by atoms with Gasteiger partial charge in [0.15, 0.2) is 11.5 Å². The number of carbonyl (C=O) groups excluding carboxylic acids is 2. The Labute approximate surface area is 140 Å². The predicted octanol–water partition coefficient (Wildman–Crippen LogP) is 0.449. The smallest absolute Gasteiger partial charge is 0.329 e. The van der Waals surface area contributed by atoms with Crippen LogP contribution in [0.2, 0.25) is 0 Å². The fourth-order valence-corrected chi connectivity index (χ4v) is 2.24. The molecule has 0 spiro atoms. The van der Waals surface area contributed by atoms with Crippen molar-refractivity contribution in [3.8, 4) is 11.5 Å². The number of carbonyl (C=O) groups is 2. The lowest BCUT2D eigenvalue weighted by molar-refractivity contribution is -0.139. The maximum Gasteiger partial charge on any atom is 0.329 e. The Kier molecular flexibility index (Phi) is 6.56. The molecule has 0 unspecified atom stereocenters. The average Bonchev–Trinajstić information content (AvgIpc) is 3.12. The first-order valence-electron chi connectivity index (χ1n) is 7.59. The molecule has 1 saturated heterocycles. The van der Waals surface area contributed by atoms with Crippen LogP contribution in [0.25, 0.3) is 0 Å². The minimum Gasteiger partial charge on any atom is -0.493 e. The second kappa shape index (κ2) is 8.88. The van der Waals surface area contributed by atoms with Gasteiger partial charge in [-0.2, -0.15) is 5.10 Å². The van der Waals surface area contributed by atoms with Crippen LogP contribution in [0.1, 0.15) is 18.4 Å². The Balaban J connectivity index is 1.81. The van der Waals surface area contributed by atoms with Crippen LogP contribution >= 0.6 is 0 Å². The van der Waals surface area contributed by atoms with E-state index >= 15 is 0 Å². The number of rotatable bonds is 6.